The molecule has 1 unspecified atom stereocenters. The number of ether oxygens (including phenoxy) is 1. The largest absolute Gasteiger partial charge is 0.392 e. The Kier molecular flexibility index (Phi) is 2.81. The average Bonchev–Trinajstić information content (AvgIpc) is 3.00. The quantitative estimate of drug-likeness (QED) is 0.818. The fourth-order valence-corrected chi connectivity index (χ4v) is 2.18. The highest BCUT2D eigenvalue weighted by Gasteiger charge is 2.48. The van der Waals surface area contributed by atoms with Crippen LogP contribution in [0.15, 0.2) is 24.3 Å². The third kappa shape index (κ3) is 1.92. The highest BCUT2D eigenvalue weighted by Crippen LogP contribution is 2.50. The number of hydrogen-bond donors (Lipinski definition) is 1. The normalized spacial score (nSPS) is 19.9. The van der Waals surface area contributed by atoms with E-state index in [9.17, 15) is 5.11 Å². The molecule has 1 aliphatic carbocycles. The smallest absolute Gasteiger partial charge is 0.0713 e. The lowest BCUT2D eigenvalue weighted by atomic mass is 9.90. The van der Waals surface area contributed by atoms with Crippen molar-refractivity contribution in [1.29, 1.82) is 0 Å². The van der Waals surface area contributed by atoms with E-state index in [0.29, 0.717) is 6.61 Å². The highest BCUT2D eigenvalue weighted by molar-refractivity contribution is 5.34. The van der Waals surface area contributed by atoms with E-state index in [1.54, 1.807) is 7.11 Å². The first-order valence-electron chi connectivity index (χ1n) is 5.45. The molecule has 2 heteroatoms. The van der Waals surface area contributed by atoms with Crippen LogP contribution in [0.4, 0.5) is 0 Å². The van der Waals surface area contributed by atoms with E-state index in [0.717, 1.165) is 12.8 Å². The first kappa shape index (κ1) is 10.7. The van der Waals surface area contributed by atoms with Crippen LogP contribution >= 0.6 is 0 Å². The zero-order chi connectivity index (χ0) is 10.9. The molecule has 1 N–H and O–H groups in total. The maximum absolute atomic E-state index is 9.74. The zero-order valence-corrected chi connectivity index (χ0v) is 9.36. The van der Waals surface area contributed by atoms with Gasteiger partial charge in [0.05, 0.1) is 12.7 Å². The molecular formula is C13H18O2. The average molecular weight is 206 g/mol. The van der Waals surface area contributed by atoms with Crippen molar-refractivity contribution < 1.29 is 9.84 Å². The van der Waals surface area contributed by atoms with Crippen LogP contribution < -0.4 is 0 Å². The second-order valence-corrected chi connectivity index (χ2v) is 4.46. The summed E-state index contributed by atoms with van der Waals surface area (Å²) in [5, 5.41) is 9.74. The third-order valence-electron chi connectivity index (χ3n) is 3.43. The van der Waals surface area contributed by atoms with Gasteiger partial charge in [-0.25, -0.2) is 0 Å². The fraction of sp³-hybridized carbons (Fsp3) is 0.538. The fourth-order valence-electron chi connectivity index (χ4n) is 2.18. The Labute approximate surface area is 90.9 Å². The van der Waals surface area contributed by atoms with Crippen LogP contribution in [-0.4, -0.2) is 18.3 Å². The molecule has 1 aromatic rings. The molecule has 1 aliphatic rings. The van der Waals surface area contributed by atoms with Crippen molar-refractivity contribution in [3.05, 3.63) is 35.4 Å². The van der Waals surface area contributed by atoms with E-state index in [-0.39, 0.29) is 11.5 Å². The lowest BCUT2D eigenvalue weighted by molar-refractivity contribution is 0.150. The molecule has 0 radical (unpaired) electrons. The molecular weight excluding hydrogens is 188 g/mol. The van der Waals surface area contributed by atoms with Gasteiger partial charge in [0, 0.05) is 12.5 Å². The summed E-state index contributed by atoms with van der Waals surface area (Å²) >= 11 is 0. The van der Waals surface area contributed by atoms with Crippen molar-refractivity contribution in [1.82, 2.24) is 0 Å². The molecule has 2 nitrogen and oxygen atoms in total. The molecule has 0 amide bonds. The molecule has 1 atom stereocenters. The van der Waals surface area contributed by atoms with Crippen LogP contribution in [0.1, 0.15) is 30.9 Å². The lowest BCUT2D eigenvalue weighted by Crippen LogP contribution is -2.22. The second kappa shape index (κ2) is 3.95. The van der Waals surface area contributed by atoms with E-state index < -0.39 is 0 Å². The second-order valence-electron chi connectivity index (χ2n) is 4.46. The summed E-state index contributed by atoms with van der Waals surface area (Å²) in [6, 6.07) is 8.41. The molecule has 0 aliphatic heterocycles. The van der Waals surface area contributed by atoms with Gasteiger partial charge in [0.2, 0.25) is 0 Å². The summed E-state index contributed by atoms with van der Waals surface area (Å²) in [6.45, 7) is 2.54. The highest BCUT2D eigenvalue weighted by atomic mass is 16.5. The molecule has 1 saturated carbocycles. The summed E-state index contributed by atoms with van der Waals surface area (Å²) in [7, 11) is 1.70. The SMILES string of the molecule is COCc1ccc(C2(C(C)O)CC2)cc1. The maximum atomic E-state index is 9.74. The monoisotopic (exact) mass is 206 g/mol. The van der Waals surface area contributed by atoms with Gasteiger partial charge in [-0.05, 0) is 30.9 Å². The van der Waals surface area contributed by atoms with Gasteiger partial charge >= 0.3 is 0 Å². The van der Waals surface area contributed by atoms with E-state index in [1.807, 2.05) is 6.92 Å². The van der Waals surface area contributed by atoms with Crippen molar-refractivity contribution in [3.8, 4) is 0 Å². The van der Waals surface area contributed by atoms with Gasteiger partial charge in [-0.1, -0.05) is 24.3 Å². The Morgan fingerprint density at radius 3 is 2.33 bits per heavy atom. The minimum Gasteiger partial charge on any atom is -0.392 e. The number of hydrogen-bond acceptors (Lipinski definition) is 2. The van der Waals surface area contributed by atoms with Crippen LogP contribution in [0.5, 0.6) is 0 Å². The van der Waals surface area contributed by atoms with Crippen molar-refractivity contribution >= 4 is 0 Å². The number of aliphatic hydroxyl groups is 1. The van der Waals surface area contributed by atoms with Gasteiger partial charge in [-0.2, -0.15) is 0 Å². The van der Waals surface area contributed by atoms with Crippen molar-refractivity contribution in [3.63, 3.8) is 0 Å². The molecule has 15 heavy (non-hydrogen) atoms. The molecule has 2 rings (SSSR count). The molecule has 1 aromatic carbocycles. The van der Waals surface area contributed by atoms with Gasteiger partial charge in [0.15, 0.2) is 0 Å². The predicted octanol–water partition coefficient (Wildman–Crippen LogP) is 2.25. The first-order valence-corrected chi connectivity index (χ1v) is 5.45. The molecule has 1 fully saturated rings. The summed E-state index contributed by atoms with van der Waals surface area (Å²) in [4.78, 5) is 0. The Morgan fingerprint density at radius 1 is 1.33 bits per heavy atom. The van der Waals surface area contributed by atoms with Gasteiger partial charge in [-0.3, -0.25) is 0 Å². The minimum absolute atomic E-state index is 0.0472. The van der Waals surface area contributed by atoms with Gasteiger partial charge in [0.1, 0.15) is 0 Å². The van der Waals surface area contributed by atoms with Crippen molar-refractivity contribution in [2.45, 2.75) is 37.9 Å². The summed E-state index contributed by atoms with van der Waals surface area (Å²) in [5.41, 5.74) is 2.49. The van der Waals surface area contributed by atoms with Gasteiger partial charge in [-0.15, -0.1) is 0 Å². The van der Waals surface area contributed by atoms with Gasteiger partial charge < -0.3 is 9.84 Å². The Balaban J connectivity index is 2.17. The van der Waals surface area contributed by atoms with Crippen molar-refractivity contribution in [2.75, 3.05) is 7.11 Å². The minimum atomic E-state index is -0.245. The number of benzene rings is 1. The Morgan fingerprint density at radius 2 is 1.93 bits per heavy atom. The number of rotatable bonds is 4. The van der Waals surface area contributed by atoms with E-state index >= 15 is 0 Å². The Hall–Kier alpha value is -0.860. The van der Waals surface area contributed by atoms with Crippen LogP contribution in [0, 0.1) is 0 Å². The third-order valence-corrected chi connectivity index (χ3v) is 3.43. The topological polar surface area (TPSA) is 29.5 Å². The van der Waals surface area contributed by atoms with Crippen LogP contribution in [0.25, 0.3) is 0 Å². The van der Waals surface area contributed by atoms with Gasteiger partial charge in [0.25, 0.3) is 0 Å². The molecule has 0 saturated heterocycles. The van der Waals surface area contributed by atoms with Crippen LogP contribution in [-0.2, 0) is 16.8 Å². The number of aliphatic hydroxyl groups excluding tert-OH is 1. The van der Waals surface area contributed by atoms with Crippen LogP contribution in [0.3, 0.4) is 0 Å². The maximum Gasteiger partial charge on any atom is 0.0713 e. The first-order chi connectivity index (χ1) is 7.19. The standard InChI is InChI=1S/C13H18O2/c1-10(14)13(7-8-13)12-5-3-11(4-6-12)9-15-2/h3-6,10,14H,7-9H2,1-2H3. The number of methoxy groups -OCH3 is 1. The Bertz CT molecular complexity index is 323. The lowest BCUT2D eigenvalue weighted by Gasteiger charge is -2.19. The summed E-state index contributed by atoms with van der Waals surface area (Å²) < 4.78 is 5.07. The molecule has 82 valence electrons. The summed E-state index contributed by atoms with van der Waals surface area (Å²) in [5.74, 6) is 0. The van der Waals surface area contributed by atoms with E-state index in [4.69, 9.17) is 4.74 Å². The molecule has 0 heterocycles. The molecule has 0 bridgehead atoms. The predicted molar refractivity (Wildman–Crippen MR) is 59.7 cm³/mol. The van der Waals surface area contributed by atoms with Crippen LogP contribution in [0.2, 0.25) is 0 Å². The zero-order valence-electron chi connectivity index (χ0n) is 9.36. The van der Waals surface area contributed by atoms with E-state index in [1.165, 1.54) is 11.1 Å². The van der Waals surface area contributed by atoms with E-state index in [2.05, 4.69) is 24.3 Å². The summed E-state index contributed by atoms with van der Waals surface area (Å²) in [6.07, 6.45) is 1.97. The molecule has 0 spiro atoms. The molecule has 0 aromatic heterocycles. The van der Waals surface area contributed by atoms with Crippen molar-refractivity contribution in [2.24, 2.45) is 0 Å².